The number of hydrogen-bond donors (Lipinski definition) is 2. The van der Waals surface area contributed by atoms with E-state index in [-0.39, 0.29) is 36.1 Å². The number of rotatable bonds is 14. The van der Waals surface area contributed by atoms with E-state index in [2.05, 4.69) is 5.32 Å². The lowest BCUT2D eigenvalue weighted by atomic mass is 10.0. The quantitative estimate of drug-likeness (QED) is 0.186. The first-order chi connectivity index (χ1) is 19.0. The minimum absolute atomic E-state index is 0.00328. The first-order valence-corrected chi connectivity index (χ1v) is 15.2. The number of ether oxygens (including phenoxy) is 2. The number of nitrogens with one attached hydrogen (secondary N) is 1. The number of nitrogens with zero attached hydrogens (tertiary/aromatic N) is 2. The number of carbonyl (C=O) groups is 1. The third kappa shape index (κ3) is 9.29. The number of sulfonamides is 1. The van der Waals surface area contributed by atoms with Crippen molar-refractivity contribution in [3.63, 3.8) is 0 Å². The van der Waals surface area contributed by atoms with E-state index in [9.17, 15) is 32.8 Å². The molecule has 1 fully saturated rings. The zero-order valence-electron chi connectivity index (χ0n) is 22.1. The molecule has 15 heteroatoms. The maximum absolute atomic E-state index is 13.6. The first kappa shape index (κ1) is 31.5. The molecule has 218 valence electrons. The van der Waals surface area contributed by atoms with Crippen molar-refractivity contribution in [2.45, 2.75) is 49.8 Å². The normalized spacial score (nSPS) is 17.4. The zero-order chi connectivity index (χ0) is 29.3. The standard InChI is InChI=1S/C25H32N3O10PS/c1-18(2)15-27(40(34,35)22-10-8-20(9-11-22)28(30)31)16-24(38-39(32)33)23(14-19-6-4-3-5-7-19)26-25(29)37-21-12-13-36-17-21/h3-11,18,21,23-24H,12-17H2,1-2H3,(H-,26,29,32,33)/p+1/t21-,23-,24+/m0/s1. The highest BCUT2D eigenvalue weighted by Gasteiger charge is 2.38. The van der Waals surface area contributed by atoms with E-state index in [1.54, 1.807) is 44.2 Å². The molecule has 0 aliphatic carbocycles. The van der Waals surface area contributed by atoms with Gasteiger partial charge in [0, 0.05) is 36.2 Å². The lowest BCUT2D eigenvalue weighted by molar-refractivity contribution is -0.384. The number of nitro groups is 1. The molecule has 1 amide bonds. The number of nitro benzene ring substituents is 1. The molecule has 0 saturated carbocycles. The predicted octanol–water partition coefficient (Wildman–Crippen LogP) is 3.40. The molecule has 1 aliphatic heterocycles. The molecule has 0 radical (unpaired) electrons. The molecule has 0 bridgehead atoms. The molecule has 2 N–H and O–H groups in total. The summed E-state index contributed by atoms with van der Waals surface area (Å²) in [6.45, 7) is 3.89. The maximum atomic E-state index is 13.6. The van der Waals surface area contributed by atoms with E-state index in [1.807, 2.05) is 0 Å². The average molecular weight is 599 g/mol. The van der Waals surface area contributed by atoms with Crippen LogP contribution in [0.4, 0.5) is 10.5 Å². The molecular weight excluding hydrogens is 565 g/mol. The fraction of sp³-hybridized carbons (Fsp3) is 0.480. The van der Waals surface area contributed by atoms with Crippen LogP contribution in [0, 0.1) is 16.0 Å². The second-order valence-corrected chi connectivity index (χ2v) is 12.3. The highest BCUT2D eigenvalue weighted by Crippen LogP contribution is 2.26. The van der Waals surface area contributed by atoms with Gasteiger partial charge in [-0.1, -0.05) is 44.2 Å². The smallest absolute Gasteiger partial charge is 0.444 e. The van der Waals surface area contributed by atoms with Crippen molar-refractivity contribution < 1.29 is 41.6 Å². The van der Waals surface area contributed by atoms with Crippen molar-refractivity contribution in [3.05, 3.63) is 70.3 Å². The van der Waals surface area contributed by atoms with E-state index >= 15 is 0 Å². The third-order valence-corrected chi connectivity index (χ3v) is 8.37. The molecular formula is C25H33N3O10PS+. The Bertz CT molecular complexity index is 1260. The SMILES string of the molecule is CC(C)CN(C[C@@H](O[P+](=O)O)[C@H](Cc1ccccc1)NC(=O)O[C@H]1CCOC1)S(=O)(=O)c1ccc([N+](=O)[O-])cc1. The Labute approximate surface area is 233 Å². The van der Waals surface area contributed by atoms with Crippen LogP contribution in [0.5, 0.6) is 0 Å². The second kappa shape index (κ2) is 14.6. The molecule has 2 aromatic carbocycles. The molecule has 1 saturated heterocycles. The van der Waals surface area contributed by atoms with E-state index in [0.717, 1.165) is 34.1 Å². The molecule has 3 rings (SSSR count). The van der Waals surface area contributed by atoms with Crippen LogP contribution in [0.15, 0.2) is 59.5 Å². The summed E-state index contributed by atoms with van der Waals surface area (Å²) < 4.78 is 56.2. The summed E-state index contributed by atoms with van der Waals surface area (Å²) in [7, 11) is -7.43. The summed E-state index contributed by atoms with van der Waals surface area (Å²) in [5, 5.41) is 13.7. The Morgan fingerprint density at radius 2 is 1.88 bits per heavy atom. The van der Waals surface area contributed by atoms with Gasteiger partial charge in [-0.3, -0.25) is 10.1 Å². The monoisotopic (exact) mass is 598 g/mol. The van der Waals surface area contributed by atoms with Crippen LogP contribution in [-0.2, 0) is 35.0 Å². The van der Waals surface area contributed by atoms with Crippen molar-refractivity contribution >= 4 is 30.1 Å². The van der Waals surface area contributed by atoms with Gasteiger partial charge in [0.2, 0.25) is 10.0 Å². The summed E-state index contributed by atoms with van der Waals surface area (Å²) in [5.74, 6) is -0.163. The number of non-ortho nitro benzene ring substituents is 1. The minimum Gasteiger partial charge on any atom is -0.444 e. The van der Waals surface area contributed by atoms with Crippen LogP contribution in [0.1, 0.15) is 25.8 Å². The van der Waals surface area contributed by atoms with Crippen LogP contribution in [-0.4, -0.2) is 73.2 Å². The fourth-order valence-electron chi connectivity index (χ4n) is 4.20. The number of benzene rings is 2. The van der Waals surface area contributed by atoms with Gasteiger partial charge in [-0.2, -0.15) is 4.31 Å². The van der Waals surface area contributed by atoms with Crippen molar-refractivity contribution in [2.75, 3.05) is 26.3 Å². The molecule has 40 heavy (non-hydrogen) atoms. The van der Waals surface area contributed by atoms with Gasteiger partial charge in [0.1, 0.15) is 6.10 Å². The van der Waals surface area contributed by atoms with Gasteiger partial charge >= 0.3 is 14.3 Å². The molecule has 4 atom stereocenters. The average Bonchev–Trinajstić information content (AvgIpc) is 3.40. The first-order valence-electron chi connectivity index (χ1n) is 12.6. The Morgan fingerprint density at radius 1 is 1.20 bits per heavy atom. The highest BCUT2D eigenvalue weighted by molar-refractivity contribution is 7.89. The summed E-state index contributed by atoms with van der Waals surface area (Å²) in [6.07, 6.45) is -1.86. The van der Waals surface area contributed by atoms with Crippen molar-refractivity contribution in [1.29, 1.82) is 0 Å². The summed E-state index contributed by atoms with van der Waals surface area (Å²) >= 11 is 0. The zero-order valence-corrected chi connectivity index (χ0v) is 23.8. The number of hydrogen-bond acceptors (Lipinski definition) is 9. The van der Waals surface area contributed by atoms with E-state index < -0.39 is 54.1 Å². The van der Waals surface area contributed by atoms with E-state index in [0.29, 0.717) is 13.0 Å². The van der Waals surface area contributed by atoms with Crippen LogP contribution >= 0.6 is 8.25 Å². The lowest BCUT2D eigenvalue weighted by Gasteiger charge is -2.30. The molecule has 0 aromatic heterocycles. The largest absolute Gasteiger partial charge is 0.695 e. The predicted molar refractivity (Wildman–Crippen MR) is 144 cm³/mol. The Morgan fingerprint density at radius 3 is 2.42 bits per heavy atom. The summed E-state index contributed by atoms with van der Waals surface area (Å²) in [4.78, 5) is 32.7. The van der Waals surface area contributed by atoms with Gasteiger partial charge in [0.15, 0.2) is 6.10 Å². The molecule has 0 spiro atoms. The Balaban J connectivity index is 1.93. The molecule has 1 heterocycles. The van der Waals surface area contributed by atoms with E-state index in [4.69, 9.17) is 14.0 Å². The second-order valence-electron chi connectivity index (χ2n) is 9.68. The minimum atomic E-state index is -4.23. The highest BCUT2D eigenvalue weighted by atomic mass is 32.2. The van der Waals surface area contributed by atoms with Crippen molar-refractivity contribution in [3.8, 4) is 0 Å². The molecule has 1 unspecified atom stereocenters. The fourth-order valence-corrected chi connectivity index (χ4v) is 6.26. The van der Waals surface area contributed by atoms with Crippen LogP contribution in [0.3, 0.4) is 0 Å². The van der Waals surface area contributed by atoms with Gasteiger partial charge in [-0.05, 0) is 30.0 Å². The number of alkyl carbamates (subject to hydrolysis) is 1. The van der Waals surface area contributed by atoms with Crippen LogP contribution in [0.25, 0.3) is 0 Å². The number of amides is 1. The van der Waals surface area contributed by atoms with Crippen molar-refractivity contribution in [1.82, 2.24) is 9.62 Å². The lowest BCUT2D eigenvalue weighted by Crippen LogP contribution is -2.52. The Kier molecular flexibility index (Phi) is 11.5. The Hall–Kier alpha value is -3.00. The number of carbonyl (C=O) groups excluding carboxylic acids is 1. The van der Waals surface area contributed by atoms with Crippen LogP contribution in [0.2, 0.25) is 0 Å². The van der Waals surface area contributed by atoms with Crippen LogP contribution < -0.4 is 5.32 Å². The summed E-state index contributed by atoms with van der Waals surface area (Å²) in [5.41, 5.74) is 0.485. The van der Waals surface area contributed by atoms with Gasteiger partial charge in [-0.15, -0.1) is 9.42 Å². The van der Waals surface area contributed by atoms with Gasteiger partial charge in [-0.25, -0.2) is 13.2 Å². The molecule has 1 aliphatic rings. The van der Waals surface area contributed by atoms with E-state index in [1.165, 1.54) is 0 Å². The topological polar surface area (TPSA) is 175 Å². The molecule has 2 aromatic rings. The van der Waals surface area contributed by atoms with Crippen molar-refractivity contribution in [2.24, 2.45) is 5.92 Å². The van der Waals surface area contributed by atoms with Gasteiger partial charge < -0.3 is 14.8 Å². The van der Waals surface area contributed by atoms with Gasteiger partial charge in [0.25, 0.3) is 5.69 Å². The summed E-state index contributed by atoms with van der Waals surface area (Å²) in [6, 6.07) is 12.4. The third-order valence-electron chi connectivity index (χ3n) is 6.08. The molecule has 13 nitrogen and oxygen atoms in total. The van der Waals surface area contributed by atoms with Gasteiger partial charge in [0.05, 0.1) is 29.1 Å². The maximum Gasteiger partial charge on any atom is 0.695 e.